The Morgan fingerprint density at radius 2 is 0.942 bits per heavy atom. The molecule has 52 heavy (non-hydrogen) atoms. The SMILES string of the molecule is CC(=O)C(N=Nc1ccc(-c2ccc(N=NC(C(C)=O)C(=O)Nc3ccc4[nH]c(=O)[nH]c4c3)c(Cl)c2)cc1Cl)C(=O)Nc1ccc2[nH]c(=O)[nH]c2c1. The van der Waals surface area contributed by atoms with Crippen molar-refractivity contribution in [3.05, 3.63) is 104 Å². The molecule has 6 N–H and O–H groups in total. The number of azo groups is 2. The van der Waals surface area contributed by atoms with Crippen LogP contribution in [0.4, 0.5) is 22.7 Å². The first-order valence-corrected chi connectivity index (χ1v) is 16.1. The lowest BCUT2D eigenvalue weighted by atomic mass is 10.0. The maximum absolute atomic E-state index is 12.9. The Kier molecular flexibility index (Phi) is 10.0. The van der Waals surface area contributed by atoms with Crippen molar-refractivity contribution in [2.75, 3.05) is 10.6 Å². The van der Waals surface area contributed by atoms with Crippen LogP contribution in [0, 0.1) is 0 Å². The standard InChI is InChI=1S/C34H26Cl2N10O6/c1-15(47)29(31(49)37-19-5-9-25-27(13-19)41-33(51)39-25)45-43-23-7-3-17(11-21(23)35)18-4-8-24(22(36)12-18)44-46-30(16(2)48)32(50)38-20-6-10-26-28(14-20)42-34(52)40-26/h3-14,29-30H,1-2H3,(H,37,49)(H,38,50)(H2,39,41,51)(H2,40,42,52). The summed E-state index contributed by atoms with van der Waals surface area (Å²) < 4.78 is 0. The van der Waals surface area contributed by atoms with Crippen molar-refractivity contribution in [2.45, 2.75) is 25.9 Å². The molecule has 262 valence electrons. The number of hydrogen-bond acceptors (Lipinski definition) is 10. The smallest absolute Gasteiger partial charge is 0.323 e. The van der Waals surface area contributed by atoms with Crippen LogP contribution in [0.5, 0.6) is 0 Å². The number of H-pyrrole nitrogens is 4. The second kappa shape index (κ2) is 14.8. The van der Waals surface area contributed by atoms with Crippen molar-refractivity contribution in [3.63, 3.8) is 0 Å². The normalized spacial score (nSPS) is 12.8. The van der Waals surface area contributed by atoms with E-state index in [4.69, 9.17) is 23.2 Å². The molecule has 2 unspecified atom stereocenters. The van der Waals surface area contributed by atoms with Gasteiger partial charge in [0.05, 0.1) is 32.1 Å². The molecule has 2 atom stereocenters. The number of imidazole rings is 2. The Morgan fingerprint density at radius 3 is 1.31 bits per heavy atom. The minimum absolute atomic E-state index is 0.169. The number of aromatic amines is 4. The lowest BCUT2D eigenvalue weighted by Crippen LogP contribution is -2.31. The van der Waals surface area contributed by atoms with Gasteiger partial charge in [-0.05, 0) is 85.6 Å². The molecule has 0 radical (unpaired) electrons. The molecule has 0 saturated carbocycles. The molecule has 18 heteroatoms. The number of nitrogens with zero attached hydrogens (tertiary/aromatic N) is 4. The monoisotopic (exact) mass is 740 g/mol. The Labute approximate surface area is 301 Å². The van der Waals surface area contributed by atoms with Crippen LogP contribution in [0.2, 0.25) is 10.0 Å². The summed E-state index contributed by atoms with van der Waals surface area (Å²) in [6, 6.07) is 16.1. The molecule has 2 heterocycles. The van der Waals surface area contributed by atoms with E-state index in [0.717, 1.165) is 0 Å². The van der Waals surface area contributed by atoms with Gasteiger partial charge in [-0.3, -0.25) is 19.2 Å². The maximum atomic E-state index is 12.9. The first-order chi connectivity index (χ1) is 24.8. The number of benzene rings is 4. The summed E-state index contributed by atoms with van der Waals surface area (Å²) >= 11 is 13.0. The van der Waals surface area contributed by atoms with Gasteiger partial charge in [-0.1, -0.05) is 35.3 Å². The molecule has 2 aromatic heterocycles. The van der Waals surface area contributed by atoms with E-state index < -0.39 is 46.8 Å². The van der Waals surface area contributed by atoms with Gasteiger partial charge in [-0.25, -0.2) is 9.59 Å². The van der Waals surface area contributed by atoms with Crippen LogP contribution < -0.4 is 22.0 Å². The van der Waals surface area contributed by atoms with Gasteiger partial charge in [0.25, 0.3) is 11.8 Å². The number of aromatic nitrogens is 4. The van der Waals surface area contributed by atoms with Crippen molar-refractivity contribution in [2.24, 2.45) is 20.5 Å². The molecule has 0 fully saturated rings. The third-order valence-corrected chi connectivity index (χ3v) is 8.23. The first-order valence-electron chi connectivity index (χ1n) is 15.3. The predicted octanol–water partition coefficient (Wildman–Crippen LogP) is 6.36. The Hall–Kier alpha value is -6.52. The molecular weight excluding hydrogens is 715 g/mol. The molecule has 0 aliphatic rings. The first kappa shape index (κ1) is 35.3. The minimum atomic E-state index is -1.47. The van der Waals surface area contributed by atoms with Gasteiger partial charge in [0.1, 0.15) is 11.4 Å². The van der Waals surface area contributed by atoms with Crippen molar-refractivity contribution in [1.29, 1.82) is 0 Å². The van der Waals surface area contributed by atoms with Gasteiger partial charge in [-0.2, -0.15) is 20.5 Å². The Balaban J connectivity index is 1.13. The lowest BCUT2D eigenvalue weighted by Gasteiger charge is -2.10. The highest BCUT2D eigenvalue weighted by atomic mass is 35.5. The van der Waals surface area contributed by atoms with E-state index in [9.17, 15) is 28.8 Å². The number of carbonyl (C=O) groups is 4. The fraction of sp³-hybridized carbons (Fsp3) is 0.118. The summed E-state index contributed by atoms with van der Waals surface area (Å²) in [6.45, 7) is 2.41. The zero-order valence-electron chi connectivity index (χ0n) is 27.1. The molecular formula is C34H26Cl2N10O6. The largest absolute Gasteiger partial charge is 0.324 e. The number of hydrogen-bond donors (Lipinski definition) is 6. The number of fused-ring (bicyclic) bond motifs is 2. The summed E-state index contributed by atoms with van der Waals surface area (Å²) in [6.07, 6.45) is 0. The minimum Gasteiger partial charge on any atom is -0.324 e. The van der Waals surface area contributed by atoms with Crippen molar-refractivity contribution in [1.82, 2.24) is 19.9 Å². The van der Waals surface area contributed by atoms with E-state index in [2.05, 4.69) is 51.0 Å². The highest BCUT2D eigenvalue weighted by Gasteiger charge is 2.25. The molecule has 4 aromatic carbocycles. The van der Waals surface area contributed by atoms with Crippen LogP contribution >= 0.6 is 23.2 Å². The van der Waals surface area contributed by atoms with E-state index in [1.54, 1.807) is 60.7 Å². The van der Waals surface area contributed by atoms with Crippen molar-refractivity contribution in [3.8, 4) is 11.1 Å². The van der Waals surface area contributed by atoms with Crippen LogP contribution in [-0.2, 0) is 19.2 Å². The van der Waals surface area contributed by atoms with Crippen LogP contribution in [-0.4, -0.2) is 55.4 Å². The molecule has 0 aliphatic heterocycles. The summed E-state index contributed by atoms with van der Waals surface area (Å²) in [7, 11) is 0. The Bertz CT molecular complexity index is 2410. The molecule has 0 spiro atoms. The molecule has 2 amide bonds. The molecule has 0 saturated heterocycles. The van der Waals surface area contributed by atoms with Crippen LogP contribution in [0.25, 0.3) is 33.2 Å². The predicted molar refractivity (Wildman–Crippen MR) is 195 cm³/mol. The summed E-state index contributed by atoms with van der Waals surface area (Å²) in [5.41, 5.74) is 3.60. The second-order valence-corrected chi connectivity index (χ2v) is 12.3. The third kappa shape index (κ3) is 7.93. The van der Waals surface area contributed by atoms with Crippen LogP contribution in [0.3, 0.4) is 0 Å². The van der Waals surface area contributed by atoms with E-state index in [1.807, 2.05) is 0 Å². The maximum Gasteiger partial charge on any atom is 0.323 e. The van der Waals surface area contributed by atoms with E-state index in [1.165, 1.54) is 26.0 Å². The number of amides is 2. The van der Waals surface area contributed by atoms with Gasteiger partial charge >= 0.3 is 11.4 Å². The van der Waals surface area contributed by atoms with Crippen molar-refractivity contribution >= 4 is 91.4 Å². The number of rotatable bonds is 11. The van der Waals surface area contributed by atoms with Gasteiger partial charge in [0.15, 0.2) is 11.6 Å². The quantitative estimate of drug-likeness (QED) is 0.0652. The summed E-state index contributed by atoms with van der Waals surface area (Å²) in [5.74, 6) is -2.56. The number of ketones is 2. The molecule has 6 rings (SSSR count). The molecule has 16 nitrogen and oxygen atoms in total. The fourth-order valence-corrected chi connectivity index (χ4v) is 5.49. The van der Waals surface area contributed by atoms with Gasteiger partial charge in [-0.15, -0.1) is 0 Å². The van der Waals surface area contributed by atoms with E-state index >= 15 is 0 Å². The lowest BCUT2D eigenvalue weighted by molar-refractivity contribution is -0.127. The number of carbonyl (C=O) groups excluding carboxylic acids is 4. The number of halogens is 2. The summed E-state index contributed by atoms with van der Waals surface area (Å²) in [4.78, 5) is 83.8. The third-order valence-electron chi connectivity index (χ3n) is 7.62. The average molecular weight is 742 g/mol. The number of Topliss-reactive ketones (excluding diaryl/α,β-unsaturated/α-hetero) is 2. The molecule has 0 bridgehead atoms. The van der Waals surface area contributed by atoms with Crippen molar-refractivity contribution < 1.29 is 19.2 Å². The zero-order valence-corrected chi connectivity index (χ0v) is 28.6. The van der Waals surface area contributed by atoms with E-state index in [-0.39, 0.29) is 21.4 Å². The number of anilines is 2. The number of nitrogens with one attached hydrogen (secondary N) is 6. The molecule has 0 aliphatic carbocycles. The van der Waals surface area contributed by atoms with E-state index in [0.29, 0.717) is 44.6 Å². The fourth-order valence-electron chi connectivity index (χ4n) is 5.05. The van der Waals surface area contributed by atoms with Gasteiger partial charge in [0.2, 0.25) is 12.1 Å². The highest BCUT2D eigenvalue weighted by Crippen LogP contribution is 2.35. The van der Waals surface area contributed by atoms with Gasteiger partial charge in [0, 0.05) is 11.4 Å². The van der Waals surface area contributed by atoms with Crippen LogP contribution in [0.1, 0.15) is 13.8 Å². The second-order valence-electron chi connectivity index (χ2n) is 11.4. The Morgan fingerprint density at radius 1 is 0.558 bits per heavy atom. The highest BCUT2D eigenvalue weighted by molar-refractivity contribution is 6.34. The van der Waals surface area contributed by atoms with Crippen LogP contribution in [0.15, 0.2) is 103 Å². The molecule has 6 aromatic rings. The topological polar surface area (TPSA) is 239 Å². The summed E-state index contributed by atoms with van der Waals surface area (Å²) in [5, 5.41) is 21.5. The average Bonchev–Trinajstić information content (AvgIpc) is 3.65. The van der Waals surface area contributed by atoms with Gasteiger partial charge < -0.3 is 30.6 Å². The zero-order chi connectivity index (χ0) is 37.1.